The number of nitrogens with two attached hydrogens (primary N) is 1. The quantitative estimate of drug-likeness (QED) is 0.592. The minimum absolute atomic E-state index is 0.0579. The maximum atomic E-state index is 10.4. The highest BCUT2D eigenvalue weighted by atomic mass is 16.3. The number of hydrogen-bond donors (Lipinski definition) is 2. The Kier molecular flexibility index (Phi) is 3.36. The highest BCUT2D eigenvalue weighted by Crippen LogP contribution is 2.13. The summed E-state index contributed by atoms with van der Waals surface area (Å²) in [5.74, 6) is -0.416. The fourth-order valence-corrected chi connectivity index (χ4v) is 0.624. The third kappa shape index (κ3) is 2.35. The largest absolute Gasteiger partial charge is 0.383 e. The predicted molar refractivity (Wildman–Crippen MR) is 39.2 cm³/mol. The van der Waals surface area contributed by atoms with E-state index in [-0.39, 0.29) is 11.8 Å². The van der Waals surface area contributed by atoms with Crippen LogP contribution in [-0.2, 0) is 4.79 Å². The van der Waals surface area contributed by atoms with Crippen molar-refractivity contribution in [3.05, 3.63) is 0 Å². The Morgan fingerprint density at radius 2 is 1.80 bits per heavy atom. The molecule has 2 atom stereocenters. The molecule has 0 bridgehead atoms. The molecule has 0 radical (unpaired) electrons. The van der Waals surface area contributed by atoms with Crippen LogP contribution in [0.15, 0.2) is 0 Å². The van der Waals surface area contributed by atoms with Crippen LogP contribution >= 0.6 is 0 Å². The monoisotopic (exact) mass is 145 g/mol. The second-order valence-electron chi connectivity index (χ2n) is 2.95. The first-order valence-electron chi connectivity index (χ1n) is 3.44. The van der Waals surface area contributed by atoms with E-state index in [9.17, 15) is 4.79 Å². The minimum Gasteiger partial charge on any atom is -0.383 e. The Balaban J connectivity index is 3.94. The molecule has 10 heavy (non-hydrogen) atoms. The molecule has 0 spiro atoms. The second kappa shape index (κ2) is 3.56. The van der Waals surface area contributed by atoms with Crippen LogP contribution in [0.3, 0.4) is 0 Å². The number of hydrogen-bond acceptors (Lipinski definition) is 2. The van der Waals surface area contributed by atoms with Gasteiger partial charge >= 0.3 is 0 Å². The van der Waals surface area contributed by atoms with Crippen molar-refractivity contribution in [2.75, 3.05) is 0 Å². The zero-order chi connectivity index (χ0) is 8.31. The third-order valence-corrected chi connectivity index (χ3v) is 1.84. The molecule has 0 heterocycles. The van der Waals surface area contributed by atoms with Gasteiger partial charge in [-0.15, -0.1) is 0 Å². The van der Waals surface area contributed by atoms with Crippen molar-refractivity contribution in [2.24, 2.45) is 17.6 Å². The van der Waals surface area contributed by atoms with E-state index in [2.05, 4.69) is 0 Å². The van der Waals surface area contributed by atoms with Crippen molar-refractivity contribution in [3.63, 3.8) is 0 Å². The Morgan fingerprint density at radius 1 is 1.40 bits per heavy atom. The van der Waals surface area contributed by atoms with Gasteiger partial charge in [0.15, 0.2) is 0 Å². The van der Waals surface area contributed by atoms with Gasteiger partial charge in [-0.25, -0.2) is 0 Å². The van der Waals surface area contributed by atoms with E-state index in [1.807, 2.05) is 13.8 Å². The summed E-state index contributed by atoms with van der Waals surface area (Å²) in [6.07, 6.45) is -1.00. The molecule has 3 heteroatoms. The van der Waals surface area contributed by atoms with E-state index in [4.69, 9.17) is 10.8 Å². The van der Waals surface area contributed by atoms with Crippen LogP contribution in [0.4, 0.5) is 0 Å². The zero-order valence-corrected chi connectivity index (χ0v) is 6.66. The number of carbonyl (C=O) groups is 1. The van der Waals surface area contributed by atoms with E-state index < -0.39 is 12.0 Å². The maximum Gasteiger partial charge on any atom is 0.246 e. The maximum absolute atomic E-state index is 10.4. The van der Waals surface area contributed by atoms with Gasteiger partial charge in [0.25, 0.3) is 0 Å². The first kappa shape index (κ1) is 9.43. The molecule has 0 aromatic heterocycles. The number of aliphatic hydroxyl groups excluding tert-OH is 1. The van der Waals surface area contributed by atoms with Crippen LogP contribution in [-0.4, -0.2) is 17.1 Å². The van der Waals surface area contributed by atoms with Gasteiger partial charge in [-0.05, 0) is 11.8 Å². The smallest absolute Gasteiger partial charge is 0.246 e. The van der Waals surface area contributed by atoms with E-state index in [0.717, 1.165) is 0 Å². The van der Waals surface area contributed by atoms with Gasteiger partial charge in [0.2, 0.25) is 5.91 Å². The van der Waals surface area contributed by atoms with E-state index in [1.165, 1.54) is 0 Å². The van der Waals surface area contributed by atoms with Crippen LogP contribution < -0.4 is 5.73 Å². The molecule has 3 nitrogen and oxygen atoms in total. The van der Waals surface area contributed by atoms with Crippen LogP contribution in [0.1, 0.15) is 20.8 Å². The highest BCUT2D eigenvalue weighted by Gasteiger charge is 2.21. The first-order chi connectivity index (χ1) is 4.46. The molecule has 0 aliphatic heterocycles. The Hall–Kier alpha value is -0.570. The molecule has 0 aromatic rings. The van der Waals surface area contributed by atoms with Crippen molar-refractivity contribution in [3.8, 4) is 0 Å². The lowest BCUT2D eigenvalue weighted by atomic mass is 9.92. The molecule has 0 aliphatic rings. The summed E-state index contributed by atoms with van der Waals surface area (Å²) in [7, 11) is 0. The summed E-state index contributed by atoms with van der Waals surface area (Å²) in [5, 5.41) is 9.09. The van der Waals surface area contributed by atoms with Crippen molar-refractivity contribution >= 4 is 5.91 Å². The van der Waals surface area contributed by atoms with Gasteiger partial charge in [0, 0.05) is 0 Å². The summed E-state index contributed by atoms with van der Waals surface area (Å²) in [6.45, 7) is 5.69. The van der Waals surface area contributed by atoms with Crippen molar-refractivity contribution in [2.45, 2.75) is 26.9 Å². The number of carbonyl (C=O) groups excluding carboxylic acids is 1. The minimum atomic E-state index is -1.00. The van der Waals surface area contributed by atoms with Crippen molar-refractivity contribution < 1.29 is 9.90 Å². The normalized spacial score (nSPS) is 16.9. The zero-order valence-electron chi connectivity index (χ0n) is 6.66. The molecule has 0 rings (SSSR count). The lowest BCUT2D eigenvalue weighted by Crippen LogP contribution is -2.36. The lowest BCUT2D eigenvalue weighted by molar-refractivity contribution is -0.129. The molecular weight excluding hydrogens is 130 g/mol. The number of rotatable bonds is 3. The van der Waals surface area contributed by atoms with Gasteiger partial charge < -0.3 is 10.8 Å². The average molecular weight is 145 g/mol. The lowest BCUT2D eigenvalue weighted by Gasteiger charge is -2.18. The van der Waals surface area contributed by atoms with E-state index in [0.29, 0.717) is 0 Å². The fraction of sp³-hybridized carbons (Fsp3) is 0.857. The van der Waals surface area contributed by atoms with Gasteiger partial charge in [0.05, 0.1) is 0 Å². The summed E-state index contributed by atoms with van der Waals surface area (Å²) in [4.78, 5) is 10.4. The molecule has 0 fully saturated rings. The highest BCUT2D eigenvalue weighted by molar-refractivity contribution is 5.78. The second-order valence-corrected chi connectivity index (χ2v) is 2.95. The molecule has 3 N–H and O–H groups in total. The van der Waals surface area contributed by atoms with Gasteiger partial charge in [-0.2, -0.15) is 0 Å². The van der Waals surface area contributed by atoms with Crippen LogP contribution in [0, 0.1) is 11.8 Å². The van der Waals surface area contributed by atoms with Gasteiger partial charge in [-0.1, -0.05) is 20.8 Å². The molecule has 1 amide bonds. The number of primary amides is 1. The first-order valence-corrected chi connectivity index (χ1v) is 3.44. The molecule has 0 saturated heterocycles. The standard InChI is InChI=1S/C7H15NO2/c1-4(2)5(3)6(9)7(8)10/h4-6,9H,1-3H3,(H2,8,10). The molecule has 2 unspecified atom stereocenters. The molecule has 0 saturated carbocycles. The summed E-state index contributed by atoms with van der Waals surface area (Å²) < 4.78 is 0. The van der Waals surface area contributed by atoms with Crippen molar-refractivity contribution in [1.29, 1.82) is 0 Å². The summed E-state index contributed by atoms with van der Waals surface area (Å²) >= 11 is 0. The average Bonchev–Trinajstić information content (AvgIpc) is 1.84. The molecular formula is C7H15NO2. The van der Waals surface area contributed by atoms with Crippen LogP contribution in [0.5, 0.6) is 0 Å². The predicted octanol–water partition coefficient (Wildman–Crippen LogP) is 0.125. The van der Waals surface area contributed by atoms with Crippen molar-refractivity contribution in [1.82, 2.24) is 0 Å². The molecule has 0 aliphatic carbocycles. The van der Waals surface area contributed by atoms with E-state index >= 15 is 0 Å². The van der Waals surface area contributed by atoms with Gasteiger partial charge in [-0.3, -0.25) is 4.79 Å². The number of aliphatic hydroxyl groups is 1. The van der Waals surface area contributed by atoms with Crippen LogP contribution in [0.2, 0.25) is 0 Å². The number of amides is 1. The fourth-order valence-electron chi connectivity index (χ4n) is 0.624. The van der Waals surface area contributed by atoms with E-state index in [1.54, 1.807) is 6.92 Å². The van der Waals surface area contributed by atoms with Gasteiger partial charge in [0.1, 0.15) is 6.10 Å². The summed E-state index contributed by atoms with van der Waals surface area (Å²) in [5.41, 5.74) is 4.89. The third-order valence-electron chi connectivity index (χ3n) is 1.84. The SMILES string of the molecule is CC(C)C(C)C(O)C(N)=O. The Bertz CT molecular complexity index is 123. The Morgan fingerprint density at radius 3 is 1.90 bits per heavy atom. The molecule has 60 valence electrons. The topological polar surface area (TPSA) is 63.3 Å². The van der Waals surface area contributed by atoms with Crippen LogP contribution in [0.25, 0.3) is 0 Å². The Labute approximate surface area is 61.2 Å². The summed E-state index contributed by atoms with van der Waals surface area (Å²) in [6, 6.07) is 0. The molecule has 0 aromatic carbocycles.